The molecule has 0 bridgehead atoms. The van der Waals surface area contributed by atoms with Gasteiger partial charge in [-0.2, -0.15) is 4.21 Å². The van der Waals surface area contributed by atoms with Crippen LogP contribution in [0, 0.1) is 0 Å². The Morgan fingerprint density at radius 1 is 1.82 bits per heavy atom. The van der Waals surface area contributed by atoms with Crippen LogP contribution in [0.4, 0.5) is 0 Å². The van der Waals surface area contributed by atoms with Crippen molar-refractivity contribution < 1.29 is 12.9 Å². The number of thiophene rings is 1. The van der Waals surface area contributed by atoms with E-state index in [9.17, 15) is 4.21 Å². The molecular formula is C6H8O3S2. The fourth-order valence-electron chi connectivity index (χ4n) is 0.722. The summed E-state index contributed by atoms with van der Waals surface area (Å²) in [6.45, 7) is 1.97. The molecule has 3 nitrogen and oxygen atoms in total. The summed E-state index contributed by atoms with van der Waals surface area (Å²) in [7, 11) is 0. The van der Waals surface area contributed by atoms with Crippen LogP contribution < -0.4 is 4.18 Å². The first kappa shape index (κ1) is 8.70. The second-order valence-corrected chi connectivity index (χ2v) is 3.37. The molecule has 1 N–H and O–H groups in total. The van der Waals surface area contributed by atoms with Crippen LogP contribution in [0.1, 0.15) is 12.5 Å². The highest BCUT2D eigenvalue weighted by atomic mass is 32.2. The van der Waals surface area contributed by atoms with E-state index in [4.69, 9.17) is 4.55 Å². The van der Waals surface area contributed by atoms with Crippen LogP contribution in [-0.2, 0) is 17.8 Å². The van der Waals surface area contributed by atoms with Gasteiger partial charge in [-0.15, -0.1) is 11.3 Å². The molecule has 0 saturated carbocycles. The first-order valence-corrected chi connectivity index (χ1v) is 5.00. The van der Waals surface area contributed by atoms with Gasteiger partial charge in [-0.3, -0.25) is 4.55 Å². The fourth-order valence-corrected chi connectivity index (χ4v) is 2.01. The quantitative estimate of drug-likeness (QED) is 0.743. The van der Waals surface area contributed by atoms with E-state index in [2.05, 4.69) is 4.18 Å². The Morgan fingerprint density at radius 3 is 3.09 bits per heavy atom. The maximum atomic E-state index is 10.2. The summed E-state index contributed by atoms with van der Waals surface area (Å²) in [6, 6.07) is 1.88. The number of hydrogen-bond donors (Lipinski definition) is 1. The minimum Gasteiger partial charge on any atom is -0.369 e. The van der Waals surface area contributed by atoms with Crippen molar-refractivity contribution in [1.29, 1.82) is 0 Å². The Balaban J connectivity index is 2.76. The van der Waals surface area contributed by atoms with Crippen molar-refractivity contribution in [2.24, 2.45) is 0 Å². The van der Waals surface area contributed by atoms with Gasteiger partial charge in [0.1, 0.15) is 0 Å². The lowest BCUT2D eigenvalue weighted by molar-refractivity contribution is 0.461. The van der Waals surface area contributed by atoms with Crippen LogP contribution in [0.15, 0.2) is 11.4 Å². The molecule has 1 heterocycles. The topological polar surface area (TPSA) is 46.5 Å². The molecule has 11 heavy (non-hydrogen) atoms. The van der Waals surface area contributed by atoms with Crippen LogP contribution in [0.2, 0.25) is 0 Å². The van der Waals surface area contributed by atoms with Crippen LogP contribution in [0.3, 0.4) is 0 Å². The van der Waals surface area contributed by atoms with Crippen molar-refractivity contribution in [2.45, 2.75) is 13.3 Å². The number of aryl methyl sites for hydroxylation is 1. The Hall–Kier alpha value is -0.390. The minimum atomic E-state index is -2.20. The lowest BCUT2D eigenvalue weighted by atomic mass is 10.3. The van der Waals surface area contributed by atoms with Gasteiger partial charge in [0, 0.05) is 5.56 Å². The van der Waals surface area contributed by atoms with Crippen molar-refractivity contribution in [1.82, 2.24) is 0 Å². The largest absolute Gasteiger partial charge is 0.369 e. The van der Waals surface area contributed by atoms with Crippen LogP contribution in [0.25, 0.3) is 0 Å². The van der Waals surface area contributed by atoms with Gasteiger partial charge in [0.15, 0.2) is 5.06 Å². The van der Waals surface area contributed by atoms with E-state index < -0.39 is 11.4 Å². The summed E-state index contributed by atoms with van der Waals surface area (Å²) in [6.07, 6.45) is 0.816. The van der Waals surface area contributed by atoms with Gasteiger partial charge in [-0.1, -0.05) is 6.92 Å². The molecule has 1 unspecified atom stereocenters. The monoisotopic (exact) mass is 192 g/mol. The van der Waals surface area contributed by atoms with Gasteiger partial charge in [0.05, 0.1) is 0 Å². The molecule has 1 aromatic heterocycles. The molecule has 62 valence electrons. The first-order valence-electron chi connectivity index (χ1n) is 3.09. The predicted octanol–water partition coefficient (Wildman–Crippen LogP) is 1.83. The Bertz CT molecular complexity index is 256. The third-order valence-corrected chi connectivity index (χ3v) is 2.48. The minimum absolute atomic E-state index is 0.535. The average Bonchev–Trinajstić information content (AvgIpc) is 2.34. The van der Waals surface area contributed by atoms with E-state index >= 15 is 0 Å². The zero-order chi connectivity index (χ0) is 8.27. The molecule has 5 heteroatoms. The van der Waals surface area contributed by atoms with Gasteiger partial charge in [0.2, 0.25) is 0 Å². The fraction of sp³-hybridized carbons (Fsp3) is 0.333. The lowest BCUT2D eigenvalue weighted by Crippen LogP contribution is -1.97. The maximum Gasteiger partial charge on any atom is 0.358 e. The highest BCUT2D eigenvalue weighted by Gasteiger charge is 2.05. The zero-order valence-electron chi connectivity index (χ0n) is 5.94. The third-order valence-electron chi connectivity index (χ3n) is 1.23. The maximum absolute atomic E-state index is 10.2. The Kier molecular flexibility index (Phi) is 3.04. The molecule has 0 aliphatic rings. The second-order valence-electron chi connectivity index (χ2n) is 1.89. The smallest absolute Gasteiger partial charge is 0.358 e. The molecular weight excluding hydrogens is 184 g/mol. The van der Waals surface area contributed by atoms with Gasteiger partial charge >= 0.3 is 11.4 Å². The third kappa shape index (κ3) is 2.28. The van der Waals surface area contributed by atoms with Gasteiger partial charge in [0.25, 0.3) is 0 Å². The van der Waals surface area contributed by atoms with Crippen molar-refractivity contribution in [2.75, 3.05) is 0 Å². The van der Waals surface area contributed by atoms with E-state index in [0.29, 0.717) is 5.06 Å². The molecule has 0 aliphatic heterocycles. The molecule has 0 radical (unpaired) electrons. The number of rotatable bonds is 3. The van der Waals surface area contributed by atoms with Crippen LogP contribution >= 0.6 is 11.3 Å². The molecule has 0 spiro atoms. The summed E-state index contributed by atoms with van der Waals surface area (Å²) >= 11 is -0.869. The van der Waals surface area contributed by atoms with E-state index in [-0.39, 0.29) is 0 Å². The van der Waals surface area contributed by atoms with Gasteiger partial charge in [-0.25, -0.2) is 0 Å². The van der Waals surface area contributed by atoms with Gasteiger partial charge in [-0.05, 0) is 17.9 Å². The van der Waals surface area contributed by atoms with Crippen molar-refractivity contribution in [3.63, 3.8) is 0 Å². The second kappa shape index (κ2) is 3.85. The summed E-state index contributed by atoms with van der Waals surface area (Å²) < 4.78 is 23.3. The highest BCUT2D eigenvalue weighted by molar-refractivity contribution is 7.74. The van der Waals surface area contributed by atoms with Crippen molar-refractivity contribution >= 4 is 22.7 Å². The molecule has 0 aliphatic carbocycles. The summed E-state index contributed by atoms with van der Waals surface area (Å²) in [5, 5.41) is 2.37. The number of hydrogen-bond acceptors (Lipinski definition) is 3. The normalized spacial score (nSPS) is 12.9. The van der Waals surface area contributed by atoms with Crippen LogP contribution in [-0.4, -0.2) is 8.76 Å². The summed E-state index contributed by atoms with van der Waals surface area (Å²) in [4.78, 5) is 0. The lowest BCUT2D eigenvalue weighted by Gasteiger charge is -1.97. The van der Waals surface area contributed by atoms with E-state index in [1.165, 1.54) is 11.3 Å². The molecule has 0 aromatic carbocycles. The van der Waals surface area contributed by atoms with Crippen LogP contribution in [0.5, 0.6) is 5.06 Å². The van der Waals surface area contributed by atoms with Gasteiger partial charge < -0.3 is 4.18 Å². The standard InChI is InChI=1S/C6H8O3S2/c1-2-5-3-4-10-6(5)9-11(7)8/h3-4H,2H2,1H3,(H,7,8). The highest BCUT2D eigenvalue weighted by Crippen LogP contribution is 2.26. The Labute approximate surface area is 71.5 Å². The van der Waals surface area contributed by atoms with E-state index in [1.807, 2.05) is 18.4 Å². The SMILES string of the molecule is CCc1ccsc1OS(=O)O. The van der Waals surface area contributed by atoms with E-state index in [0.717, 1.165) is 12.0 Å². The summed E-state index contributed by atoms with van der Waals surface area (Å²) in [5.74, 6) is 0. The molecule has 0 amide bonds. The Morgan fingerprint density at radius 2 is 2.55 bits per heavy atom. The molecule has 0 saturated heterocycles. The van der Waals surface area contributed by atoms with E-state index in [1.54, 1.807) is 0 Å². The first-order chi connectivity index (χ1) is 5.24. The molecule has 1 rings (SSSR count). The van der Waals surface area contributed by atoms with Crippen molar-refractivity contribution in [3.8, 4) is 5.06 Å². The molecule has 1 atom stereocenters. The van der Waals surface area contributed by atoms with Crippen molar-refractivity contribution in [3.05, 3.63) is 17.0 Å². The zero-order valence-corrected chi connectivity index (χ0v) is 7.58. The summed E-state index contributed by atoms with van der Waals surface area (Å²) in [5.41, 5.74) is 0.970. The molecule has 1 aromatic rings. The average molecular weight is 192 g/mol. The molecule has 0 fully saturated rings. The predicted molar refractivity (Wildman–Crippen MR) is 45.1 cm³/mol.